The zero-order valence-corrected chi connectivity index (χ0v) is 16.3. The van der Waals surface area contributed by atoms with Gasteiger partial charge in [-0.1, -0.05) is 29.8 Å². The first-order valence-electron chi connectivity index (χ1n) is 9.07. The highest BCUT2D eigenvalue weighted by atomic mass is 35.5. The molecule has 0 bridgehead atoms. The molecule has 0 saturated carbocycles. The lowest BCUT2D eigenvalue weighted by atomic mass is 10.1. The van der Waals surface area contributed by atoms with Gasteiger partial charge in [-0.25, -0.2) is 9.36 Å². The summed E-state index contributed by atoms with van der Waals surface area (Å²) in [6.07, 6.45) is 1.85. The van der Waals surface area contributed by atoms with Crippen LogP contribution < -0.4 is 4.90 Å². The van der Waals surface area contributed by atoms with Crippen molar-refractivity contribution in [2.45, 2.75) is 20.0 Å². The predicted octanol–water partition coefficient (Wildman–Crippen LogP) is 3.03. The van der Waals surface area contributed by atoms with Crippen molar-refractivity contribution in [2.75, 3.05) is 4.90 Å². The van der Waals surface area contributed by atoms with Gasteiger partial charge in [0, 0.05) is 11.9 Å². The summed E-state index contributed by atoms with van der Waals surface area (Å²) >= 11 is 6.51. The lowest BCUT2D eigenvalue weighted by Crippen LogP contribution is -2.31. The SMILES string of the molecule is Cc1ccn(-c2ccc(C(=O)N3Cc4nnnn4Cc4ccccc43)c(Cl)c2)n1. The van der Waals surface area contributed by atoms with Gasteiger partial charge < -0.3 is 4.90 Å². The van der Waals surface area contributed by atoms with Crippen LogP contribution in [0, 0.1) is 6.92 Å². The fourth-order valence-electron chi connectivity index (χ4n) is 3.46. The van der Waals surface area contributed by atoms with Crippen molar-refractivity contribution in [2.24, 2.45) is 0 Å². The van der Waals surface area contributed by atoms with Crippen molar-refractivity contribution in [3.63, 3.8) is 0 Å². The van der Waals surface area contributed by atoms with Gasteiger partial charge >= 0.3 is 0 Å². The fourth-order valence-corrected chi connectivity index (χ4v) is 3.72. The minimum atomic E-state index is -0.206. The number of carbonyl (C=O) groups excluding carboxylic acids is 1. The second kappa shape index (κ2) is 6.82. The Kier molecular flexibility index (Phi) is 4.13. The Morgan fingerprint density at radius 3 is 2.76 bits per heavy atom. The van der Waals surface area contributed by atoms with Crippen molar-refractivity contribution in [1.82, 2.24) is 30.0 Å². The van der Waals surface area contributed by atoms with Crippen LogP contribution in [0.2, 0.25) is 5.02 Å². The molecule has 5 rings (SSSR count). The average molecular weight is 406 g/mol. The predicted molar refractivity (Wildman–Crippen MR) is 107 cm³/mol. The summed E-state index contributed by atoms with van der Waals surface area (Å²) in [6.45, 7) is 2.69. The molecule has 2 aromatic carbocycles. The monoisotopic (exact) mass is 405 g/mol. The van der Waals surface area contributed by atoms with Gasteiger partial charge in [0.05, 0.1) is 35.1 Å². The summed E-state index contributed by atoms with van der Waals surface area (Å²) in [6, 6.07) is 14.9. The quantitative estimate of drug-likeness (QED) is 0.512. The number of para-hydroxylation sites is 1. The van der Waals surface area contributed by atoms with Crippen LogP contribution in [0.15, 0.2) is 54.7 Å². The van der Waals surface area contributed by atoms with Gasteiger partial charge in [0.2, 0.25) is 0 Å². The minimum Gasteiger partial charge on any atom is -0.300 e. The van der Waals surface area contributed by atoms with Crippen LogP contribution in [0.4, 0.5) is 5.69 Å². The van der Waals surface area contributed by atoms with Gasteiger partial charge in [0.25, 0.3) is 5.91 Å². The number of aromatic nitrogens is 6. The smallest absolute Gasteiger partial charge is 0.260 e. The lowest BCUT2D eigenvalue weighted by molar-refractivity contribution is 0.0984. The third-order valence-electron chi connectivity index (χ3n) is 4.92. The summed E-state index contributed by atoms with van der Waals surface area (Å²) in [7, 11) is 0. The molecule has 0 atom stereocenters. The van der Waals surface area contributed by atoms with Crippen molar-refractivity contribution in [1.29, 1.82) is 0 Å². The maximum atomic E-state index is 13.5. The molecule has 3 heterocycles. The molecule has 0 aliphatic carbocycles. The van der Waals surface area contributed by atoms with E-state index in [-0.39, 0.29) is 12.5 Å². The molecule has 0 radical (unpaired) electrons. The van der Waals surface area contributed by atoms with Gasteiger partial charge in [-0.05, 0) is 53.2 Å². The Bertz CT molecular complexity index is 1230. The molecule has 8 nitrogen and oxygen atoms in total. The molecule has 0 fully saturated rings. The normalized spacial score (nSPS) is 13.0. The van der Waals surface area contributed by atoms with Crippen molar-refractivity contribution in [3.8, 4) is 5.69 Å². The van der Waals surface area contributed by atoms with E-state index < -0.39 is 0 Å². The molecular weight excluding hydrogens is 390 g/mol. The number of nitrogens with zero attached hydrogens (tertiary/aromatic N) is 7. The Hall–Kier alpha value is -3.52. The number of halogens is 1. The van der Waals surface area contributed by atoms with E-state index in [2.05, 4.69) is 20.6 Å². The van der Waals surface area contributed by atoms with E-state index in [0.717, 1.165) is 22.6 Å². The molecule has 0 unspecified atom stereocenters. The maximum absolute atomic E-state index is 13.5. The van der Waals surface area contributed by atoms with E-state index in [4.69, 9.17) is 11.6 Å². The number of benzene rings is 2. The second-order valence-corrected chi connectivity index (χ2v) is 7.25. The average Bonchev–Trinajstić information content (AvgIpc) is 3.32. The van der Waals surface area contributed by atoms with Crippen LogP contribution in [0.1, 0.15) is 27.4 Å². The molecule has 1 aliphatic rings. The number of tetrazole rings is 1. The first-order chi connectivity index (χ1) is 14.1. The number of anilines is 1. The zero-order chi connectivity index (χ0) is 20.0. The van der Waals surface area contributed by atoms with Crippen LogP contribution in [-0.2, 0) is 13.1 Å². The van der Waals surface area contributed by atoms with E-state index in [1.165, 1.54) is 0 Å². The fraction of sp³-hybridized carbons (Fsp3) is 0.150. The summed E-state index contributed by atoms with van der Waals surface area (Å²) in [5.41, 5.74) is 3.88. The van der Waals surface area contributed by atoms with Crippen molar-refractivity contribution >= 4 is 23.2 Å². The molecule has 0 spiro atoms. The molecule has 0 N–H and O–H groups in total. The van der Waals surface area contributed by atoms with Gasteiger partial charge in [-0.3, -0.25) is 4.79 Å². The van der Waals surface area contributed by atoms with E-state index in [1.54, 1.807) is 26.4 Å². The first-order valence-corrected chi connectivity index (χ1v) is 9.45. The number of fused-ring (bicyclic) bond motifs is 2. The molecule has 144 valence electrons. The van der Waals surface area contributed by atoms with E-state index >= 15 is 0 Å². The third kappa shape index (κ3) is 3.07. The Balaban J connectivity index is 1.55. The maximum Gasteiger partial charge on any atom is 0.260 e. The molecule has 9 heteroatoms. The standard InChI is InChI=1S/C20H16ClN7O/c1-13-8-9-27(23-13)15-6-7-16(17(21)10-15)20(29)26-12-19-22-24-25-28(19)11-14-4-2-3-5-18(14)26/h2-10H,11-12H2,1H3. The highest BCUT2D eigenvalue weighted by molar-refractivity contribution is 6.34. The summed E-state index contributed by atoms with van der Waals surface area (Å²) in [5.74, 6) is 0.413. The van der Waals surface area contributed by atoms with Crippen LogP contribution in [0.3, 0.4) is 0 Å². The number of hydrogen-bond acceptors (Lipinski definition) is 5. The number of hydrogen-bond donors (Lipinski definition) is 0. The van der Waals surface area contributed by atoms with Gasteiger partial charge in [0.1, 0.15) is 0 Å². The van der Waals surface area contributed by atoms with Crippen molar-refractivity contribution in [3.05, 3.63) is 82.4 Å². The molecule has 1 aliphatic heterocycles. The molecule has 2 aromatic heterocycles. The van der Waals surface area contributed by atoms with E-state index in [0.29, 0.717) is 23.0 Å². The van der Waals surface area contributed by atoms with Crippen LogP contribution in [0.25, 0.3) is 5.69 Å². The third-order valence-corrected chi connectivity index (χ3v) is 5.24. The lowest BCUT2D eigenvalue weighted by Gasteiger charge is -2.22. The van der Waals surface area contributed by atoms with E-state index in [1.807, 2.05) is 49.5 Å². The zero-order valence-electron chi connectivity index (χ0n) is 15.5. The summed E-state index contributed by atoms with van der Waals surface area (Å²) in [4.78, 5) is 15.1. The first kappa shape index (κ1) is 17.6. The van der Waals surface area contributed by atoms with Gasteiger partial charge in [-0.15, -0.1) is 5.10 Å². The second-order valence-electron chi connectivity index (χ2n) is 6.84. The van der Waals surface area contributed by atoms with E-state index in [9.17, 15) is 4.79 Å². The number of aryl methyl sites for hydroxylation is 1. The summed E-state index contributed by atoms with van der Waals surface area (Å²) < 4.78 is 3.43. The van der Waals surface area contributed by atoms with Crippen LogP contribution in [-0.4, -0.2) is 35.9 Å². The summed E-state index contributed by atoms with van der Waals surface area (Å²) in [5, 5.41) is 16.6. The Morgan fingerprint density at radius 2 is 1.97 bits per heavy atom. The number of rotatable bonds is 2. The molecular formula is C20H16ClN7O. The Morgan fingerprint density at radius 1 is 1.10 bits per heavy atom. The molecule has 0 saturated heterocycles. The highest BCUT2D eigenvalue weighted by Crippen LogP contribution is 2.30. The van der Waals surface area contributed by atoms with Crippen LogP contribution in [0.5, 0.6) is 0 Å². The van der Waals surface area contributed by atoms with Crippen molar-refractivity contribution < 1.29 is 4.79 Å². The minimum absolute atomic E-state index is 0.206. The van der Waals surface area contributed by atoms with Crippen LogP contribution >= 0.6 is 11.6 Å². The van der Waals surface area contributed by atoms with Gasteiger partial charge in [0.15, 0.2) is 5.82 Å². The molecule has 1 amide bonds. The van der Waals surface area contributed by atoms with Gasteiger partial charge in [-0.2, -0.15) is 5.10 Å². The highest BCUT2D eigenvalue weighted by Gasteiger charge is 2.27. The number of amides is 1. The molecule has 4 aromatic rings. The number of carbonyl (C=O) groups is 1. The molecule has 29 heavy (non-hydrogen) atoms. The largest absolute Gasteiger partial charge is 0.300 e. The Labute approximate surface area is 171 Å². The topological polar surface area (TPSA) is 81.7 Å².